The van der Waals surface area contributed by atoms with Crippen molar-refractivity contribution in [3.63, 3.8) is 0 Å². The molecule has 22 heavy (non-hydrogen) atoms. The monoisotopic (exact) mass is 324 g/mol. The lowest BCUT2D eigenvalue weighted by Gasteiger charge is -2.04. The van der Waals surface area contributed by atoms with Gasteiger partial charge in [-0.05, 0) is 36.8 Å². The highest BCUT2D eigenvalue weighted by Gasteiger charge is 2.60. The quantitative estimate of drug-likeness (QED) is 0.749. The molecule has 0 heterocycles. The van der Waals surface area contributed by atoms with Crippen LogP contribution in [0, 0.1) is 11.3 Å². The molecule has 1 fully saturated rings. The van der Waals surface area contributed by atoms with Gasteiger partial charge in [-0.15, -0.1) is 0 Å². The second-order valence-corrected chi connectivity index (χ2v) is 6.22. The van der Waals surface area contributed by atoms with Gasteiger partial charge in [-0.3, -0.25) is 0 Å². The van der Waals surface area contributed by atoms with Gasteiger partial charge in [0.2, 0.25) is 0 Å². The summed E-state index contributed by atoms with van der Waals surface area (Å²) in [6, 6.07) is 7.51. The predicted molar refractivity (Wildman–Crippen MR) is 86.0 cm³/mol. The molecule has 1 aliphatic carbocycles. The molecule has 1 aromatic rings. The maximum Gasteiger partial charge on any atom is 0.508 e. The van der Waals surface area contributed by atoms with E-state index in [0.717, 1.165) is 11.3 Å². The second kappa shape index (κ2) is 6.61. The van der Waals surface area contributed by atoms with Crippen molar-refractivity contribution in [1.29, 1.82) is 0 Å². The third-order valence-corrected chi connectivity index (χ3v) is 4.33. The first-order chi connectivity index (χ1) is 10.4. The Balaban J connectivity index is 2.06. The van der Waals surface area contributed by atoms with Crippen molar-refractivity contribution in [3.05, 3.63) is 35.9 Å². The van der Waals surface area contributed by atoms with Crippen LogP contribution < -0.4 is 4.74 Å². The lowest BCUT2D eigenvalue weighted by atomic mass is 10.1. The van der Waals surface area contributed by atoms with Crippen LogP contribution in [0.4, 0.5) is 4.79 Å². The molecule has 2 atom stereocenters. The summed E-state index contributed by atoms with van der Waals surface area (Å²) in [4.78, 5) is 11.4. The molecule has 0 N–H and O–H groups in total. The summed E-state index contributed by atoms with van der Waals surface area (Å²) >= 11 is 6.38. The molecule has 0 spiro atoms. The molecule has 2 unspecified atom stereocenters. The Morgan fingerprint density at radius 3 is 2.50 bits per heavy atom. The Hall–Kier alpha value is -1.68. The van der Waals surface area contributed by atoms with Gasteiger partial charge in [0.1, 0.15) is 11.9 Å². The van der Waals surface area contributed by atoms with E-state index in [1.165, 1.54) is 0 Å². The molecular formula is C17H21ClO4. The number of ether oxygens (including phenoxy) is 3. The standard InChI is InChI=1S/C17H21ClO4/c1-5-21-16(19)22-15-13(17(15,2)3)10-14(18)11-6-8-12(20-4)9-7-11/h6-10,13,15H,5H2,1-4H3. The van der Waals surface area contributed by atoms with E-state index in [2.05, 4.69) is 0 Å². The first-order valence-electron chi connectivity index (χ1n) is 7.25. The number of carbonyl (C=O) groups excluding carboxylic acids is 1. The van der Waals surface area contributed by atoms with Crippen LogP contribution in [-0.2, 0) is 9.47 Å². The van der Waals surface area contributed by atoms with Crippen molar-refractivity contribution in [2.24, 2.45) is 11.3 Å². The zero-order valence-electron chi connectivity index (χ0n) is 13.3. The minimum atomic E-state index is -0.628. The van der Waals surface area contributed by atoms with Gasteiger partial charge >= 0.3 is 6.16 Å². The van der Waals surface area contributed by atoms with Crippen LogP contribution in [0.3, 0.4) is 0 Å². The van der Waals surface area contributed by atoms with Crippen LogP contribution in [0.2, 0.25) is 0 Å². The molecule has 0 aliphatic heterocycles. The average Bonchev–Trinajstić information content (AvgIpc) is 2.99. The highest BCUT2D eigenvalue weighted by atomic mass is 35.5. The van der Waals surface area contributed by atoms with Crippen molar-refractivity contribution in [1.82, 2.24) is 0 Å². The fourth-order valence-electron chi connectivity index (χ4n) is 2.42. The summed E-state index contributed by atoms with van der Waals surface area (Å²) in [7, 11) is 1.62. The SMILES string of the molecule is CCOC(=O)OC1C(C=C(Cl)c2ccc(OC)cc2)C1(C)C. The molecule has 0 radical (unpaired) electrons. The lowest BCUT2D eigenvalue weighted by Crippen LogP contribution is -2.11. The lowest BCUT2D eigenvalue weighted by molar-refractivity contribution is 0.0440. The summed E-state index contributed by atoms with van der Waals surface area (Å²) in [5, 5.41) is 0.635. The number of methoxy groups -OCH3 is 1. The van der Waals surface area contributed by atoms with E-state index in [1.54, 1.807) is 14.0 Å². The Bertz CT molecular complexity index is 563. The minimum absolute atomic E-state index is 0.0755. The van der Waals surface area contributed by atoms with Gasteiger partial charge in [0.25, 0.3) is 0 Å². The molecular weight excluding hydrogens is 304 g/mol. The van der Waals surface area contributed by atoms with Crippen molar-refractivity contribution in [2.45, 2.75) is 26.9 Å². The van der Waals surface area contributed by atoms with Crippen LogP contribution in [0.5, 0.6) is 5.75 Å². The van der Waals surface area contributed by atoms with Gasteiger partial charge in [0.05, 0.1) is 13.7 Å². The molecule has 0 aromatic heterocycles. The molecule has 1 aromatic carbocycles. The summed E-state index contributed by atoms with van der Waals surface area (Å²) in [6.45, 7) is 6.13. The van der Waals surface area contributed by atoms with Crippen molar-refractivity contribution in [2.75, 3.05) is 13.7 Å². The topological polar surface area (TPSA) is 44.8 Å². The Labute approximate surface area is 136 Å². The molecule has 5 heteroatoms. The molecule has 0 saturated heterocycles. The van der Waals surface area contributed by atoms with Gasteiger partial charge in [-0.25, -0.2) is 4.79 Å². The molecule has 0 amide bonds. The molecule has 0 bridgehead atoms. The highest BCUT2D eigenvalue weighted by molar-refractivity contribution is 6.48. The van der Waals surface area contributed by atoms with Crippen molar-refractivity contribution in [3.8, 4) is 5.75 Å². The first-order valence-corrected chi connectivity index (χ1v) is 7.63. The largest absolute Gasteiger partial charge is 0.508 e. The van der Waals surface area contributed by atoms with Crippen LogP contribution >= 0.6 is 11.6 Å². The van der Waals surface area contributed by atoms with Crippen molar-refractivity contribution >= 4 is 22.8 Å². The Morgan fingerprint density at radius 1 is 1.32 bits per heavy atom. The molecule has 1 aliphatic rings. The van der Waals surface area contributed by atoms with E-state index >= 15 is 0 Å². The number of halogens is 1. The van der Waals surface area contributed by atoms with Crippen LogP contribution in [-0.4, -0.2) is 26.0 Å². The van der Waals surface area contributed by atoms with E-state index in [0.29, 0.717) is 11.6 Å². The van der Waals surface area contributed by atoms with Crippen molar-refractivity contribution < 1.29 is 19.0 Å². The van der Waals surface area contributed by atoms with Gasteiger partial charge < -0.3 is 14.2 Å². The average molecular weight is 325 g/mol. The summed E-state index contributed by atoms with van der Waals surface area (Å²) in [6.07, 6.45) is 1.10. The minimum Gasteiger partial charge on any atom is -0.497 e. The first kappa shape index (κ1) is 16.7. The van der Waals surface area contributed by atoms with E-state index < -0.39 is 6.16 Å². The number of hydrogen-bond donors (Lipinski definition) is 0. The van der Waals surface area contributed by atoms with E-state index in [1.807, 2.05) is 44.2 Å². The maximum atomic E-state index is 11.4. The third kappa shape index (κ3) is 3.55. The third-order valence-electron chi connectivity index (χ3n) is 3.99. The van der Waals surface area contributed by atoms with Gasteiger partial charge in [0.15, 0.2) is 0 Å². The summed E-state index contributed by atoms with van der Waals surface area (Å²) in [5.41, 5.74) is 0.763. The summed E-state index contributed by atoms with van der Waals surface area (Å²) in [5.74, 6) is 0.856. The highest BCUT2D eigenvalue weighted by Crippen LogP contribution is 2.56. The number of hydrogen-bond acceptors (Lipinski definition) is 4. The zero-order valence-corrected chi connectivity index (χ0v) is 14.0. The van der Waals surface area contributed by atoms with Gasteiger partial charge in [0, 0.05) is 16.4 Å². The van der Waals surface area contributed by atoms with Gasteiger partial charge in [-0.2, -0.15) is 0 Å². The molecule has 2 rings (SSSR count). The van der Waals surface area contributed by atoms with Crippen LogP contribution in [0.15, 0.2) is 30.3 Å². The summed E-state index contributed by atoms with van der Waals surface area (Å²) < 4.78 is 15.3. The Kier molecular flexibility index (Phi) is 5.01. The fraction of sp³-hybridized carbons (Fsp3) is 0.471. The van der Waals surface area contributed by atoms with E-state index in [4.69, 9.17) is 25.8 Å². The second-order valence-electron chi connectivity index (χ2n) is 5.81. The maximum absolute atomic E-state index is 11.4. The zero-order chi connectivity index (χ0) is 16.3. The molecule has 1 saturated carbocycles. The van der Waals surface area contributed by atoms with Gasteiger partial charge in [-0.1, -0.05) is 31.5 Å². The van der Waals surface area contributed by atoms with E-state index in [9.17, 15) is 4.79 Å². The molecule has 4 nitrogen and oxygen atoms in total. The van der Waals surface area contributed by atoms with Crippen LogP contribution in [0.1, 0.15) is 26.3 Å². The Morgan fingerprint density at radius 2 is 1.95 bits per heavy atom. The number of rotatable bonds is 5. The normalized spacial score (nSPS) is 22.9. The smallest absolute Gasteiger partial charge is 0.497 e. The van der Waals surface area contributed by atoms with E-state index in [-0.39, 0.29) is 17.4 Å². The number of benzene rings is 1. The van der Waals surface area contributed by atoms with Crippen LogP contribution in [0.25, 0.3) is 5.03 Å². The molecule has 120 valence electrons. The number of carbonyl (C=O) groups is 1. The predicted octanol–water partition coefficient (Wildman–Crippen LogP) is 4.47. The fourth-order valence-corrected chi connectivity index (χ4v) is 2.68.